The minimum atomic E-state index is 0.949. The summed E-state index contributed by atoms with van der Waals surface area (Å²) in [6.07, 6.45) is 5.86. The fraction of sp³-hybridized carbons (Fsp3) is 0.400. The third-order valence-electron chi connectivity index (χ3n) is 1.51. The van der Waals surface area contributed by atoms with Crippen molar-refractivity contribution in [3.63, 3.8) is 0 Å². The summed E-state index contributed by atoms with van der Waals surface area (Å²) in [5, 5.41) is 3.26. The van der Waals surface area contributed by atoms with Crippen molar-refractivity contribution in [2.24, 2.45) is 0 Å². The molecule has 0 aliphatic rings. The van der Waals surface area contributed by atoms with Gasteiger partial charge in [-0.25, -0.2) is 0 Å². The molecule has 11 heavy (non-hydrogen) atoms. The van der Waals surface area contributed by atoms with Crippen LogP contribution < -0.4 is 5.32 Å². The first-order chi connectivity index (χ1) is 5.26. The standard InChI is InChI=1S/C10H17N/c1-5-8-10(11-7-3)9(4)6-2/h5-6,8,11H,1,7H2,2-4H3/b9-6-,10-8+. The Labute approximate surface area is 69.5 Å². The van der Waals surface area contributed by atoms with Crippen LogP contribution in [0.2, 0.25) is 0 Å². The third-order valence-corrected chi connectivity index (χ3v) is 1.51. The summed E-state index contributed by atoms with van der Waals surface area (Å²) in [5.74, 6) is 0. The average Bonchev–Trinajstić information content (AvgIpc) is 2.03. The van der Waals surface area contributed by atoms with Crippen LogP contribution in [0.25, 0.3) is 0 Å². The second kappa shape index (κ2) is 5.78. The van der Waals surface area contributed by atoms with E-state index in [1.165, 1.54) is 5.57 Å². The van der Waals surface area contributed by atoms with Crippen molar-refractivity contribution in [2.45, 2.75) is 20.8 Å². The Kier molecular flexibility index (Phi) is 5.26. The number of hydrogen-bond acceptors (Lipinski definition) is 1. The van der Waals surface area contributed by atoms with Crippen LogP contribution in [0, 0.1) is 0 Å². The minimum absolute atomic E-state index is 0.949. The highest BCUT2D eigenvalue weighted by Gasteiger charge is 1.93. The molecular formula is C10H17N. The van der Waals surface area contributed by atoms with Crippen LogP contribution in [0.4, 0.5) is 0 Å². The minimum Gasteiger partial charge on any atom is -0.385 e. The van der Waals surface area contributed by atoms with Gasteiger partial charge in [0.1, 0.15) is 0 Å². The molecule has 0 heterocycles. The summed E-state index contributed by atoms with van der Waals surface area (Å²) < 4.78 is 0. The molecule has 62 valence electrons. The van der Waals surface area contributed by atoms with Crippen LogP contribution in [-0.4, -0.2) is 6.54 Å². The van der Waals surface area contributed by atoms with Gasteiger partial charge >= 0.3 is 0 Å². The van der Waals surface area contributed by atoms with Crippen molar-refractivity contribution < 1.29 is 0 Å². The van der Waals surface area contributed by atoms with Crippen LogP contribution in [0.1, 0.15) is 20.8 Å². The van der Waals surface area contributed by atoms with Gasteiger partial charge in [0.25, 0.3) is 0 Å². The van der Waals surface area contributed by atoms with E-state index in [-0.39, 0.29) is 0 Å². The Hall–Kier alpha value is -0.980. The molecule has 0 aliphatic heterocycles. The molecule has 0 unspecified atom stereocenters. The van der Waals surface area contributed by atoms with Crippen LogP contribution in [0.15, 0.2) is 36.1 Å². The lowest BCUT2D eigenvalue weighted by Crippen LogP contribution is -2.12. The molecule has 0 aromatic heterocycles. The molecule has 0 radical (unpaired) electrons. The predicted molar refractivity (Wildman–Crippen MR) is 51.4 cm³/mol. The number of allylic oxidation sites excluding steroid dienone is 4. The first-order valence-electron chi connectivity index (χ1n) is 3.96. The van der Waals surface area contributed by atoms with Gasteiger partial charge in [-0.2, -0.15) is 0 Å². The lowest BCUT2D eigenvalue weighted by Gasteiger charge is -2.07. The van der Waals surface area contributed by atoms with Crippen LogP contribution in [-0.2, 0) is 0 Å². The number of hydrogen-bond donors (Lipinski definition) is 1. The van der Waals surface area contributed by atoms with Crippen molar-refractivity contribution in [2.75, 3.05) is 6.54 Å². The molecule has 0 aromatic rings. The van der Waals surface area contributed by atoms with Gasteiger partial charge in [-0.1, -0.05) is 18.7 Å². The highest BCUT2D eigenvalue weighted by atomic mass is 14.9. The molecule has 0 saturated heterocycles. The van der Waals surface area contributed by atoms with E-state index in [0.717, 1.165) is 12.2 Å². The van der Waals surface area contributed by atoms with E-state index in [0.29, 0.717) is 0 Å². The first-order valence-corrected chi connectivity index (χ1v) is 3.96. The monoisotopic (exact) mass is 151 g/mol. The van der Waals surface area contributed by atoms with Crippen molar-refractivity contribution in [1.29, 1.82) is 0 Å². The van der Waals surface area contributed by atoms with Gasteiger partial charge < -0.3 is 5.32 Å². The Morgan fingerprint density at radius 1 is 1.55 bits per heavy atom. The lowest BCUT2D eigenvalue weighted by atomic mass is 10.2. The van der Waals surface area contributed by atoms with E-state index in [2.05, 4.69) is 31.8 Å². The highest BCUT2D eigenvalue weighted by molar-refractivity contribution is 5.29. The number of nitrogens with one attached hydrogen (secondary N) is 1. The summed E-state index contributed by atoms with van der Waals surface area (Å²) >= 11 is 0. The molecule has 0 bridgehead atoms. The molecule has 1 nitrogen and oxygen atoms in total. The van der Waals surface area contributed by atoms with Gasteiger partial charge in [-0.15, -0.1) is 0 Å². The fourth-order valence-electron chi connectivity index (χ4n) is 0.794. The van der Waals surface area contributed by atoms with Crippen LogP contribution in [0.5, 0.6) is 0 Å². The Morgan fingerprint density at radius 3 is 2.55 bits per heavy atom. The predicted octanol–water partition coefficient (Wildman–Crippen LogP) is 2.63. The fourth-order valence-corrected chi connectivity index (χ4v) is 0.794. The van der Waals surface area contributed by atoms with E-state index >= 15 is 0 Å². The second-order valence-electron chi connectivity index (χ2n) is 2.32. The maximum atomic E-state index is 3.66. The molecule has 0 atom stereocenters. The van der Waals surface area contributed by atoms with Gasteiger partial charge in [0, 0.05) is 12.2 Å². The lowest BCUT2D eigenvalue weighted by molar-refractivity contribution is 0.861. The van der Waals surface area contributed by atoms with Gasteiger partial charge in [0.05, 0.1) is 0 Å². The summed E-state index contributed by atoms with van der Waals surface area (Å²) in [6, 6.07) is 0. The summed E-state index contributed by atoms with van der Waals surface area (Å²) in [6.45, 7) is 10.8. The first kappa shape index (κ1) is 10.0. The molecule has 0 rings (SSSR count). The molecule has 0 saturated carbocycles. The average molecular weight is 151 g/mol. The highest BCUT2D eigenvalue weighted by Crippen LogP contribution is 2.04. The molecule has 0 spiro atoms. The number of likely N-dealkylation sites (N-methyl/N-ethyl adjacent to an activating group) is 1. The molecule has 1 heteroatoms. The quantitative estimate of drug-likeness (QED) is 0.609. The Morgan fingerprint density at radius 2 is 2.18 bits per heavy atom. The topological polar surface area (TPSA) is 12.0 Å². The SMILES string of the molecule is C=C/C=C(NCC)\C(C)=C/C. The van der Waals surface area contributed by atoms with Crippen LogP contribution in [0.3, 0.4) is 0 Å². The molecule has 0 amide bonds. The van der Waals surface area contributed by atoms with Crippen LogP contribution >= 0.6 is 0 Å². The maximum absolute atomic E-state index is 3.66. The van der Waals surface area contributed by atoms with Crippen molar-refractivity contribution in [1.82, 2.24) is 5.32 Å². The molecule has 0 fully saturated rings. The largest absolute Gasteiger partial charge is 0.385 e. The van der Waals surface area contributed by atoms with E-state index in [1.807, 2.05) is 13.0 Å². The summed E-state index contributed by atoms with van der Waals surface area (Å²) in [7, 11) is 0. The zero-order chi connectivity index (χ0) is 8.69. The normalized spacial score (nSPS) is 13.0. The van der Waals surface area contributed by atoms with Gasteiger partial charge in [0.2, 0.25) is 0 Å². The molecule has 0 aromatic carbocycles. The number of rotatable bonds is 4. The van der Waals surface area contributed by atoms with E-state index in [4.69, 9.17) is 0 Å². The molecular weight excluding hydrogens is 134 g/mol. The van der Waals surface area contributed by atoms with E-state index < -0.39 is 0 Å². The van der Waals surface area contributed by atoms with Crippen molar-refractivity contribution >= 4 is 0 Å². The zero-order valence-electron chi connectivity index (χ0n) is 7.65. The summed E-state index contributed by atoms with van der Waals surface area (Å²) in [4.78, 5) is 0. The summed E-state index contributed by atoms with van der Waals surface area (Å²) in [5.41, 5.74) is 2.41. The van der Waals surface area contributed by atoms with Gasteiger partial charge in [-0.05, 0) is 32.4 Å². The Bertz CT molecular complexity index is 175. The molecule has 0 aliphatic carbocycles. The van der Waals surface area contributed by atoms with Crippen molar-refractivity contribution in [3.8, 4) is 0 Å². The van der Waals surface area contributed by atoms with E-state index in [9.17, 15) is 0 Å². The molecule has 1 N–H and O–H groups in total. The van der Waals surface area contributed by atoms with E-state index in [1.54, 1.807) is 6.08 Å². The second-order valence-corrected chi connectivity index (χ2v) is 2.32. The smallest absolute Gasteiger partial charge is 0.0366 e. The van der Waals surface area contributed by atoms with Gasteiger partial charge in [-0.3, -0.25) is 0 Å². The Balaban J connectivity index is 4.33. The van der Waals surface area contributed by atoms with Gasteiger partial charge in [0.15, 0.2) is 0 Å². The maximum Gasteiger partial charge on any atom is 0.0366 e. The van der Waals surface area contributed by atoms with Crippen molar-refractivity contribution in [3.05, 3.63) is 36.1 Å². The third kappa shape index (κ3) is 3.66. The zero-order valence-corrected chi connectivity index (χ0v) is 7.65.